The zero-order valence-electron chi connectivity index (χ0n) is 12.4. The molecule has 2 N–H and O–H groups in total. The molecule has 0 fully saturated rings. The molecule has 1 aromatic rings. The van der Waals surface area contributed by atoms with Gasteiger partial charge in [-0.25, -0.2) is 0 Å². The number of para-hydroxylation sites is 1. The summed E-state index contributed by atoms with van der Waals surface area (Å²) in [5, 5.41) is 24.3. The summed E-state index contributed by atoms with van der Waals surface area (Å²) in [6, 6.07) is 6.54. The molecule has 0 saturated carbocycles. The van der Waals surface area contributed by atoms with Crippen LogP contribution in [0, 0.1) is 16.0 Å². The third-order valence-corrected chi connectivity index (χ3v) is 3.83. The zero-order valence-corrected chi connectivity index (χ0v) is 12.4. The summed E-state index contributed by atoms with van der Waals surface area (Å²) in [4.78, 5) is 10.6. The molecule has 5 heteroatoms. The summed E-state index contributed by atoms with van der Waals surface area (Å²) < 4.78 is 0. The summed E-state index contributed by atoms with van der Waals surface area (Å²) in [6.45, 7) is 6.44. The number of benzene rings is 1. The molecule has 112 valence electrons. The van der Waals surface area contributed by atoms with Crippen molar-refractivity contribution in [3.8, 4) is 0 Å². The lowest BCUT2D eigenvalue weighted by Crippen LogP contribution is -2.34. The summed E-state index contributed by atoms with van der Waals surface area (Å²) in [6.07, 6.45) is 1.44. The smallest absolute Gasteiger partial charge is 0.274 e. The van der Waals surface area contributed by atoms with Crippen molar-refractivity contribution < 1.29 is 10.0 Å². The first-order chi connectivity index (χ1) is 9.51. The van der Waals surface area contributed by atoms with Gasteiger partial charge in [-0.1, -0.05) is 44.9 Å². The molecule has 0 bridgehead atoms. The van der Waals surface area contributed by atoms with Gasteiger partial charge in [0.1, 0.15) is 0 Å². The van der Waals surface area contributed by atoms with Crippen LogP contribution in [0.2, 0.25) is 0 Å². The minimum Gasteiger partial charge on any atom is -0.392 e. The molecule has 5 nitrogen and oxygen atoms in total. The summed E-state index contributed by atoms with van der Waals surface area (Å²) in [5.74, 6) is 0.264. The molecule has 0 saturated heterocycles. The van der Waals surface area contributed by atoms with Crippen molar-refractivity contribution >= 4 is 5.69 Å². The van der Waals surface area contributed by atoms with Crippen LogP contribution in [0.25, 0.3) is 0 Å². The molecule has 1 rings (SSSR count). The van der Waals surface area contributed by atoms with Gasteiger partial charge in [-0.05, 0) is 12.8 Å². The van der Waals surface area contributed by atoms with Crippen molar-refractivity contribution in [2.24, 2.45) is 5.92 Å². The Kier molecular flexibility index (Phi) is 6.61. The quantitative estimate of drug-likeness (QED) is 0.567. The van der Waals surface area contributed by atoms with E-state index in [0.717, 1.165) is 12.8 Å². The number of aliphatic hydroxyl groups is 1. The van der Waals surface area contributed by atoms with Gasteiger partial charge in [0.25, 0.3) is 5.69 Å². The van der Waals surface area contributed by atoms with Crippen molar-refractivity contribution in [3.63, 3.8) is 0 Å². The highest BCUT2D eigenvalue weighted by molar-refractivity contribution is 5.41. The van der Waals surface area contributed by atoms with E-state index in [1.165, 1.54) is 6.07 Å². The Morgan fingerprint density at radius 1 is 1.30 bits per heavy atom. The van der Waals surface area contributed by atoms with Crippen molar-refractivity contribution in [1.82, 2.24) is 5.32 Å². The van der Waals surface area contributed by atoms with Crippen molar-refractivity contribution in [1.29, 1.82) is 0 Å². The molecular formula is C15H24N2O3. The topological polar surface area (TPSA) is 75.4 Å². The van der Waals surface area contributed by atoms with Crippen LogP contribution >= 0.6 is 0 Å². The van der Waals surface area contributed by atoms with Crippen molar-refractivity contribution in [2.75, 3.05) is 6.54 Å². The Labute approximate surface area is 120 Å². The number of nitrogens with one attached hydrogen (secondary N) is 1. The summed E-state index contributed by atoms with van der Waals surface area (Å²) in [5.41, 5.74) is 0.763. The van der Waals surface area contributed by atoms with Crippen LogP contribution in [0.3, 0.4) is 0 Å². The number of nitro benzene ring substituents is 1. The van der Waals surface area contributed by atoms with Gasteiger partial charge in [0, 0.05) is 24.2 Å². The van der Waals surface area contributed by atoms with Crippen LogP contribution in [0.5, 0.6) is 0 Å². The van der Waals surface area contributed by atoms with Crippen LogP contribution in [0.1, 0.15) is 45.2 Å². The SMILES string of the molecule is CCC(CC)C(O)CNC(C)c1ccccc1[N+](=O)[O-]. The standard InChI is InChI=1S/C15H24N2O3/c1-4-12(5-2)15(18)10-16-11(3)13-8-6-7-9-14(13)17(19)20/h6-9,11-12,15-16,18H,4-5,10H2,1-3H3. The van der Waals surface area contributed by atoms with Gasteiger partial charge in [0.2, 0.25) is 0 Å². The molecule has 0 aliphatic heterocycles. The molecule has 20 heavy (non-hydrogen) atoms. The average molecular weight is 280 g/mol. The molecule has 0 aliphatic carbocycles. The van der Waals surface area contributed by atoms with E-state index in [9.17, 15) is 15.2 Å². The van der Waals surface area contributed by atoms with E-state index in [1.54, 1.807) is 18.2 Å². The first kappa shape index (κ1) is 16.6. The summed E-state index contributed by atoms with van der Waals surface area (Å²) >= 11 is 0. The van der Waals surface area contributed by atoms with E-state index >= 15 is 0 Å². The zero-order chi connectivity index (χ0) is 15.1. The number of hydrogen-bond donors (Lipinski definition) is 2. The molecular weight excluding hydrogens is 256 g/mol. The monoisotopic (exact) mass is 280 g/mol. The Morgan fingerprint density at radius 3 is 2.45 bits per heavy atom. The molecule has 2 unspecified atom stereocenters. The Balaban J connectivity index is 2.68. The molecule has 0 spiro atoms. The molecule has 0 heterocycles. The largest absolute Gasteiger partial charge is 0.392 e. The molecule has 1 aromatic carbocycles. The fourth-order valence-corrected chi connectivity index (χ4v) is 2.43. The van der Waals surface area contributed by atoms with Crippen LogP contribution < -0.4 is 5.32 Å². The molecule has 2 atom stereocenters. The lowest BCUT2D eigenvalue weighted by Gasteiger charge is -2.23. The summed E-state index contributed by atoms with van der Waals surface area (Å²) in [7, 11) is 0. The van der Waals surface area contributed by atoms with Gasteiger partial charge in [0.15, 0.2) is 0 Å². The Bertz CT molecular complexity index is 433. The normalized spacial score (nSPS) is 14.2. The fourth-order valence-electron chi connectivity index (χ4n) is 2.43. The van der Waals surface area contributed by atoms with Crippen LogP contribution in [-0.2, 0) is 0 Å². The predicted molar refractivity (Wildman–Crippen MR) is 79.6 cm³/mol. The predicted octanol–water partition coefficient (Wildman–Crippen LogP) is 3.04. The van der Waals surface area contributed by atoms with E-state index < -0.39 is 6.10 Å². The molecule has 0 amide bonds. The van der Waals surface area contributed by atoms with Crippen molar-refractivity contribution in [2.45, 2.75) is 45.8 Å². The first-order valence-corrected chi connectivity index (χ1v) is 7.15. The van der Waals surface area contributed by atoms with Gasteiger partial charge >= 0.3 is 0 Å². The highest BCUT2D eigenvalue weighted by Gasteiger charge is 2.20. The van der Waals surface area contributed by atoms with E-state index in [1.807, 2.05) is 6.92 Å². The van der Waals surface area contributed by atoms with Gasteiger partial charge < -0.3 is 10.4 Å². The third kappa shape index (κ3) is 4.28. The number of aliphatic hydroxyl groups excluding tert-OH is 1. The maximum Gasteiger partial charge on any atom is 0.274 e. The van der Waals surface area contributed by atoms with Crippen LogP contribution in [-0.4, -0.2) is 22.7 Å². The second-order valence-electron chi connectivity index (χ2n) is 5.09. The van der Waals surface area contributed by atoms with Gasteiger partial charge in [-0.3, -0.25) is 10.1 Å². The van der Waals surface area contributed by atoms with Crippen molar-refractivity contribution in [3.05, 3.63) is 39.9 Å². The maximum atomic E-state index is 11.0. The van der Waals surface area contributed by atoms with Gasteiger partial charge in [-0.15, -0.1) is 0 Å². The van der Waals surface area contributed by atoms with E-state index in [0.29, 0.717) is 12.1 Å². The minimum absolute atomic E-state index is 0.115. The average Bonchev–Trinajstić information content (AvgIpc) is 2.46. The maximum absolute atomic E-state index is 11.0. The number of rotatable bonds is 8. The number of hydrogen-bond acceptors (Lipinski definition) is 4. The number of nitro groups is 1. The Hall–Kier alpha value is -1.46. The number of nitrogens with zero attached hydrogens (tertiary/aromatic N) is 1. The van der Waals surface area contributed by atoms with E-state index in [-0.39, 0.29) is 22.6 Å². The lowest BCUT2D eigenvalue weighted by atomic mass is 9.96. The molecule has 0 radical (unpaired) electrons. The first-order valence-electron chi connectivity index (χ1n) is 7.15. The highest BCUT2D eigenvalue weighted by Crippen LogP contribution is 2.24. The van der Waals surface area contributed by atoms with Crippen LogP contribution in [0.15, 0.2) is 24.3 Å². The molecule has 0 aromatic heterocycles. The van der Waals surface area contributed by atoms with Gasteiger partial charge in [0.05, 0.1) is 11.0 Å². The van der Waals surface area contributed by atoms with E-state index in [4.69, 9.17) is 0 Å². The fraction of sp³-hybridized carbons (Fsp3) is 0.600. The van der Waals surface area contributed by atoms with E-state index in [2.05, 4.69) is 19.2 Å². The highest BCUT2D eigenvalue weighted by atomic mass is 16.6. The third-order valence-electron chi connectivity index (χ3n) is 3.83. The van der Waals surface area contributed by atoms with Gasteiger partial charge in [-0.2, -0.15) is 0 Å². The second-order valence-corrected chi connectivity index (χ2v) is 5.09. The second kappa shape index (κ2) is 7.97. The lowest BCUT2D eigenvalue weighted by molar-refractivity contribution is -0.385. The van der Waals surface area contributed by atoms with Crippen LogP contribution in [0.4, 0.5) is 5.69 Å². The Morgan fingerprint density at radius 2 is 1.90 bits per heavy atom. The minimum atomic E-state index is -0.421. The molecule has 0 aliphatic rings.